The fourth-order valence-corrected chi connectivity index (χ4v) is 2.20. The van der Waals surface area contributed by atoms with Gasteiger partial charge in [-0.2, -0.15) is 5.10 Å². The summed E-state index contributed by atoms with van der Waals surface area (Å²) < 4.78 is 1.44. The van der Waals surface area contributed by atoms with E-state index in [1.54, 1.807) is 43.6 Å². The SMILES string of the molecule is Cc1ccc(NC(=O)c2cc(NC(=O)c3ccccc3)n(C)n2)nc1. The van der Waals surface area contributed by atoms with Gasteiger partial charge in [0, 0.05) is 24.9 Å². The molecule has 2 N–H and O–H groups in total. The highest BCUT2D eigenvalue weighted by Gasteiger charge is 2.15. The highest BCUT2D eigenvalue weighted by molar-refractivity contribution is 6.06. The molecule has 126 valence electrons. The monoisotopic (exact) mass is 335 g/mol. The summed E-state index contributed by atoms with van der Waals surface area (Å²) in [7, 11) is 1.65. The standard InChI is InChI=1S/C18H17N5O2/c1-12-8-9-15(19-11-12)20-18(25)14-10-16(23(2)22-14)21-17(24)13-6-4-3-5-7-13/h3-11H,1-2H3,(H,21,24)(H,19,20,25). The van der Waals surface area contributed by atoms with Crippen molar-refractivity contribution >= 4 is 23.5 Å². The highest BCUT2D eigenvalue weighted by atomic mass is 16.2. The zero-order valence-corrected chi connectivity index (χ0v) is 13.9. The topological polar surface area (TPSA) is 88.9 Å². The number of pyridine rings is 1. The van der Waals surface area contributed by atoms with Gasteiger partial charge in [0.05, 0.1) is 0 Å². The highest BCUT2D eigenvalue weighted by Crippen LogP contribution is 2.13. The van der Waals surface area contributed by atoms with Crippen LogP contribution in [-0.4, -0.2) is 26.6 Å². The average Bonchev–Trinajstić information content (AvgIpc) is 2.98. The lowest BCUT2D eigenvalue weighted by atomic mass is 10.2. The first-order valence-corrected chi connectivity index (χ1v) is 7.67. The molecule has 0 aliphatic carbocycles. The van der Waals surface area contributed by atoms with Gasteiger partial charge in [0.25, 0.3) is 11.8 Å². The largest absolute Gasteiger partial charge is 0.307 e. The van der Waals surface area contributed by atoms with Crippen LogP contribution in [0.4, 0.5) is 11.6 Å². The van der Waals surface area contributed by atoms with Crippen LogP contribution in [0.1, 0.15) is 26.4 Å². The van der Waals surface area contributed by atoms with Crippen LogP contribution in [0.2, 0.25) is 0 Å². The van der Waals surface area contributed by atoms with Crippen molar-refractivity contribution in [1.29, 1.82) is 0 Å². The van der Waals surface area contributed by atoms with Gasteiger partial charge in [0.2, 0.25) is 0 Å². The van der Waals surface area contributed by atoms with Crippen LogP contribution in [0.3, 0.4) is 0 Å². The van der Waals surface area contributed by atoms with Crippen molar-refractivity contribution in [2.75, 3.05) is 10.6 Å². The summed E-state index contributed by atoms with van der Waals surface area (Å²) in [4.78, 5) is 28.6. The number of carbonyl (C=O) groups excluding carboxylic acids is 2. The predicted octanol–water partition coefficient (Wildman–Crippen LogP) is 2.63. The van der Waals surface area contributed by atoms with Gasteiger partial charge in [-0.1, -0.05) is 24.3 Å². The third-order valence-electron chi connectivity index (χ3n) is 3.54. The molecule has 3 aromatic rings. The van der Waals surface area contributed by atoms with Gasteiger partial charge in [0.1, 0.15) is 11.6 Å². The number of anilines is 2. The number of aryl methyl sites for hydroxylation is 2. The maximum Gasteiger partial charge on any atom is 0.277 e. The molecule has 0 spiro atoms. The second-order valence-electron chi connectivity index (χ2n) is 5.53. The number of nitrogens with zero attached hydrogens (tertiary/aromatic N) is 3. The smallest absolute Gasteiger partial charge is 0.277 e. The third kappa shape index (κ3) is 3.89. The van der Waals surface area contributed by atoms with Gasteiger partial charge >= 0.3 is 0 Å². The molecule has 0 atom stereocenters. The number of nitrogens with one attached hydrogen (secondary N) is 2. The van der Waals surface area contributed by atoms with Crippen molar-refractivity contribution in [2.45, 2.75) is 6.92 Å². The molecule has 0 aliphatic rings. The zero-order chi connectivity index (χ0) is 17.8. The summed E-state index contributed by atoms with van der Waals surface area (Å²) in [5.41, 5.74) is 1.72. The van der Waals surface area contributed by atoms with E-state index in [4.69, 9.17) is 0 Å². The number of rotatable bonds is 4. The van der Waals surface area contributed by atoms with Gasteiger partial charge in [-0.25, -0.2) is 4.98 Å². The Bertz CT molecular complexity index is 901. The van der Waals surface area contributed by atoms with Gasteiger partial charge in [-0.3, -0.25) is 14.3 Å². The lowest BCUT2D eigenvalue weighted by Crippen LogP contribution is -2.14. The minimum Gasteiger partial charge on any atom is -0.307 e. The van der Waals surface area contributed by atoms with Gasteiger partial charge < -0.3 is 10.6 Å². The summed E-state index contributed by atoms with van der Waals surface area (Å²) in [6.45, 7) is 1.92. The Morgan fingerprint density at radius 1 is 1.00 bits per heavy atom. The number of hydrogen-bond donors (Lipinski definition) is 2. The molecular weight excluding hydrogens is 318 g/mol. The van der Waals surface area contributed by atoms with Crippen LogP contribution >= 0.6 is 0 Å². The first-order valence-electron chi connectivity index (χ1n) is 7.67. The molecule has 2 heterocycles. The van der Waals surface area contributed by atoms with Crippen molar-refractivity contribution < 1.29 is 9.59 Å². The van der Waals surface area contributed by atoms with Crippen molar-refractivity contribution in [3.8, 4) is 0 Å². The van der Waals surface area contributed by atoms with Crippen molar-refractivity contribution in [3.63, 3.8) is 0 Å². The van der Waals surface area contributed by atoms with Crippen LogP contribution in [0.5, 0.6) is 0 Å². The maximum atomic E-state index is 12.3. The Balaban J connectivity index is 1.72. The average molecular weight is 335 g/mol. The molecule has 0 bridgehead atoms. The molecular formula is C18H17N5O2. The molecule has 7 heteroatoms. The van der Waals surface area contributed by atoms with Gasteiger partial charge in [-0.05, 0) is 30.7 Å². The van der Waals surface area contributed by atoms with Gasteiger partial charge in [0.15, 0.2) is 5.69 Å². The van der Waals surface area contributed by atoms with Crippen LogP contribution in [0.15, 0.2) is 54.7 Å². The van der Waals surface area contributed by atoms with E-state index in [0.717, 1.165) is 5.56 Å². The van der Waals surface area contributed by atoms with Crippen LogP contribution in [0.25, 0.3) is 0 Å². The number of carbonyl (C=O) groups is 2. The number of amides is 2. The second-order valence-corrected chi connectivity index (χ2v) is 5.53. The molecule has 0 fully saturated rings. The maximum absolute atomic E-state index is 12.3. The van der Waals surface area contributed by atoms with Gasteiger partial charge in [-0.15, -0.1) is 0 Å². The van der Waals surface area contributed by atoms with E-state index in [2.05, 4.69) is 20.7 Å². The van der Waals surface area contributed by atoms with Crippen molar-refractivity contribution in [2.24, 2.45) is 7.05 Å². The second kappa shape index (κ2) is 6.96. The predicted molar refractivity (Wildman–Crippen MR) is 94.5 cm³/mol. The summed E-state index contributed by atoms with van der Waals surface area (Å²) in [5.74, 6) is 0.204. The molecule has 0 saturated carbocycles. The van der Waals surface area contributed by atoms with Crippen LogP contribution in [-0.2, 0) is 7.05 Å². The summed E-state index contributed by atoms with van der Waals surface area (Å²) in [5, 5.41) is 9.54. The lowest BCUT2D eigenvalue weighted by Gasteiger charge is -2.04. The molecule has 25 heavy (non-hydrogen) atoms. The van der Waals surface area contributed by atoms with E-state index >= 15 is 0 Å². The van der Waals surface area contributed by atoms with Crippen molar-refractivity contribution in [3.05, 3.63) is 71.5 Å². The summed E-state index contributed by atoms with van der Waals surface area (Å²) in [6, 6.07) is 13.9. The van der Waals surface area contributed by atoms with E-state index < -0.39 is 5.91 Å². The fraction of sp³-hybridized carbons (Fsp3) is 0.111. The lowest BCUT2D eigenvalue weighted by molar-refractivity contribution is 0.101. The first-order chi connectivity index (χ1) is 12.0. The van der Waals surface area contributed by atoms with E-state index in [9.17, 15) is 9.59 Å². The molecule has 0 saturated heterocycles. The molecule has 1 aromatic carbocycles. The minimum absolute atomic E-state index is 0.188. The Hall–Kier alpha value is -3.48. The summed E-state index contributed by atoms with van der Waals surface area (Å²) >= 11 is 0. The Kier molecular flexibility index (Phi) is 4.56. The molecule has 0 unspecified atom stereocenters. The fourth-order valence-electron chi connectivity index (χ4n) is 2.20. The number of aromatic nitrogens is 3. The van der Waals surface area contributed by atoms with Crippen molar-refractivity contribution in [1.82, 2.24) is 14.8 Å². The number of hydrogen-bond acceptors (Lipinski definition) is 4. The Labute approximate surface area is 144 Å². The van der Waals surface area contributed by atoms with Crippen LogP contribution < -0.4 is 10.6 Å². The first kappa shape index (κ1) is 16.4. The Morgan fingerprint density at radius 3 is 2.44 bits per heavy atom. The van der Waals surface area contributed by atoms with E-state index in [1.165, 1.54) is 10.7 Å². The van der Waals surface area contributed by atoms with E-state index in [1.807, 2.05) is 19.1 Å². The molecule has 0 aliphatic heterocycles. The number of benzene rings is 1. The molecule has 2 amide bonds. The zero-order valence-electron chi connectivity index (χ0n) is 13.9. The third-order valence-corrected chi connectivity index (χ3v) is 3.54. The quantitative estimate of drug-likeness (QED) is 0.767. The normalized spacial score (nSPS) is 10.3. The van der Waals surface area contributed by atoms with E-state index in [0.29, 0.717) is 17.2 Å². The summed E-state index contributed by atoms with van der Waals surface area (Å²) in [6.07, 6.45) is 1.67. The van der Waals surface area contributed by atoms with E-state index in [-0.39, 0.29) is 11.6 Å². The molecule has 7 nitrogen and oxygen atoms in total. The minimum atomic E-state index is -0.396. The molecule has 2 aromatic heterocycles. The molecule has 0 radical (unpaired) electrons. The Morgan fingerprint density at radius 2 is 1.76 bits per heavy atom. The van der Waals surface area contributed by atoms with Crippen LogP contribution in [0, 0.1) is 6.92 Å². The molecule has 3 rings (SSSR count).